The van der Waals surface area contributed by atoms with Gasteiger partial charge in [-0.25, -0.2) is 9.97 Å². The first kappa shape index (κ1) is 24.5. The molecule has 37 heavy (non-hydrogen) atoms. The van der Waals surface area contributed by atoms with Crippen molar-refractivity contribution >= 4 is 40.1 Å². The van der Waals surface area contributed by atoms with Gasteiger partial charge < -0.3 is 10.3 Å². The Morgan fingerprint density at radius 2 is 1.86 bits per heavy atom. The Morgan fingerprint density at radius 3 is 2.68 bits per heavy atom. The molecule has 1 atom stereocenters. The number of rotatable bonds is 6. The molecule has 1 saturated heterocycles. The molecule has 1 amide bonds. The smallest absolute Gasteiger partial charge is 0.251 e. The lowest BCUT2D eigenvalue weighted by Gasteiger charge is -2.19. The van der Waals surface area contributed by atoms with E-state index in [-0.39, 0.29) is 11.9 Å². The van der Waals surface area contributed by atoms with Gasteiger partial charge in [-0.1, -0.05) is 23.2 Å². The number of hydrogen-bond acceptors (Lipinski definition) is 4. The molecule has 0 radical (unpaired) electrons. The van der Waals surface area contributed by atoms with Gasteiger partial charge in [0.15, 0.2) is 0 Å². The second-order valence-corrected chi connectivity index (χ2v) is 10.9. The fraction of sp³-hybridized carbons (Fsp3) is 0.393. The molecule has 2 N–H and O–H groups in total. The van der Waals surface area contributed by atoms with Gasteiger partial charge >= 0.3 is 0 Å². The van der Waals surface area contributed by atoms with Gasteiger partial charge in [0, 0.05) is 16.3 Å². The van der Waals surface area contributed by atoms with Gasteiger partial charge in [-0.3, -0.25) is 14.3 Å². The van der Waals surface area contributed by atoms with Crippen molar-refractivity contribution in [2.45, 2.75) is 58.0 Å². The first-order chi connectivity index (χ1) is 18.0. The van der Waals surface area contributed by atoms with Gasteiger partial charge in [-0.2, -0.15) is 0 Å². The van der Waals surface area contributed by atoms with Crippen molar-refractivity contribution in [2.75, 3.05) is 13.1 Å². The van der Waals surface area contributed by atoms with Crippen LogP contribution in [0.3, 0.4) is 0 Å². The van der Waals surface area contributed by atoms with Crippen LogP contribution in [-0.4, -0.2) is 43.4 Å². The second kappa shape index (κ2) is 10.1. The van der Waals surface area contributed by atoms with Crippen molar-refractivity contribution in [3.8, 4) is 5.69 Å². The van der Waals surface area contributed by atoms with Crippen LogP contribution in [0.1, 0.15) is 72.0 Å². The number of halogens is 2. The van der Waals surface area contributed by atoms with Crippen LogP contribution >= 0.6 is 23.2 Å². The van der Waals surface area contributed by atoms with Crippen molar-refractivity contribution in [2.24, 2.45) is 0 Å². The van der Waals surface area contributed by atoms with Crippen molar-refractivity contribution in [3.05, 3.63) is 75.0 Å². The van der Waals surface area contributed by atoms with E-state index in [0.29, 0.717) is 21.4 Å². The summed E-state index contributed by atoms with van der Waals surface area (Å²) in [4.78, 5) is 28.5. The highest BCUT2D eigenvalue weighted by Crippen LogP contribution is 2.31. The predicted molar refractivity (Wildman–Crippen MR) is 147 cm³/mol. The van der Waals surface area contributed by atoms with Crippen LogP contribution in [0, 0.1) is 0 Å². The molecule has 9 heteroatoms. The molecule has 0 unspecified atom stereocenters. The second-order valence-electron chi connectivity index (χ2n) is 10.1. The Labute approximate surface area is 226 Å². The van der Waals surface area contributed by atoms with Crippen molar-refractivity contribution < 1.29 is 4.79 Å². The highest BCUT2D eigenvalue weighted by molar-refractivity contribution is 6.32. The van der Waals surface area contributed by atoms with Crippen LogP contribution < -0.4 is 5.32 Å². The summed E-state index contributed by atoms with van der Waals surface area (Å²) in [7, 11) is 0. The SMILES string of the molecule is C[C@H](NC(=O)c1ccc(-n2c(CN3CCCC3)nc3c2CCCC3)c(Cl)c1)c1nc2cc(Cl)ccc2[nH]1. The number of H-pyrrole nitrogens is 1. The average Bonchev–Trinajstić information content (AvgIpc) is 3.62. The summed E-state index contributed by atoms with van der Waals surface area (Å²) < 4.78 is 2.25. The van der Waals surface area contributed by atoms with Gasteiger partial charge in [-0.05, 0) is 94.9 Å². The van der Waals surface area contributed by atoms with Gasteiger partial charge in [-0.15, -0.1) is 0 Å². The number of imidazole rings is 2. The molecule has 2 aromatic carbocycles. The minimum atomic E-state index is -0.315. The third-order valence-corrected chi connectivity index (χ3v) is 7.98. The van der Waals surface area contributed by atoms with Gasteiger partial charge in [0.25, 0.3) is 5.91 Å². The average molecular weight is 537 g/mol. The molecule has 4 aromatic rings. The van der Waals surface area contributed by atoms with Crippen molar-refractivity contribution in [3.63, 3.8) is 0 Å². The number of hydrogen-bond donors (Lipinski definition) is 2. The molecule has 0 saturated carbocycles. The monoisotopic (exact) mass is 536 g/mol. The molecule has 2 aromatic heterocycles. The maximum Gasteiger partial charge on any atom is 0.251 e. The van der Waals surface area contributed by atoms with Crippen LogP contribution in [0.15, 0.2) is 36.4 Å². The third-order valence-electron chi connectivity index (χ3n) is 7.44. The van der Waals surface area contributed by atoms with Gasteiger partial charge in [0.2, 0.25) is 0 Å². The van der Waals surface area contributed by atoms with E-state index in [1.807, 2.05) is 31.2 Å². The van der Waals surface area contributed by atoms with E-state index in [9.17, 15) is 4.79 Å². The third kappa shape index (κ3) is 4.88. The minimum Gasteiger partial charge on any atom is -0.342 e. The number of benzene rings is 2. The fourth-order valence-electron chi connectivity index (χ4n) is 5.51. The molecule has 2 aliphatic rings. The fourth-order valence-corrected chi connectivity index (χ4v) is 5.94. The zero-order chi connectivity index (χ0) is 25.5. The molecule has 0 spiro atoms. The van der Waals surface area contributed by atoms with E-state index >= 15 is 0 Å². The minimum absolute atomic E-state index is 0.204. The number of aromatic nitrogens is 4. The van der Waals surface area contributed by atoms with Gasteiger partial charge in [0.1, 0.15) is 11.6 Å². The Morgan fingerprint density at radius 1 is 1.05 bits per heavy atom. The number of fused-ring (bicyclic) bond motifs is 2. The molecule has 7 nitrogen and oxygen atoms in total. The summed E-state index contributed by atoms with van der Waals surface area (Å²) in [6.45, 7) is 4.95. The first-order valence-electron chi connectivity index (χ1n) is 13.0. The van der Waals surface area contributed by atoms with Crippen molar-refractivity contribution in [1.82, 2.24) is 29.7 Å². The summed E-state index contributed by atoms with van der Waals surface area (Å²) in [6, 6.07) is 10.7. The number of aryl methyl sites for hydroxylation is 1. The molecule has 1 aliphatic heterocycles. The summed E-state index contributed by atoms with van der Waals surface area (Å²) in [5, 5.41) is 4.20. The van der Waals surface area contributed by atoms with Crippen LogP contribution in [0.25, 0.3) is 16.7 Å². The number of nitrogens with one attached hydrogen (secondary N) is 2. The lowest BCUT2D eigenvalue weighted by Crippen LogP contribution is -2.27. The molecule has 192 valence electrons. The number of amides is 1. The normalized spacial score (nSPS) is 16.7. The molecular weight excluding hydrogens is 507 g/mol. The highest BCUT2D eigenvalue weighted by atomic mass is 35.5. The summed E-state index contributed by atoms with van der Waals surface area (Å²) >= 11 is 12.9. The molecule has 1 fully saturated rings. The maximum atomic E-state index is 13.1. The largest absolute Gasteiger partial charge is 0.342 e. The van der Waals surface area contributed by atoms with Gasteiger partial charge in [0.05, 0.1) is 40.0 Å². The molecule has 0 bridgehead atoms. The Kier molecular flexibility index (Phi) is 6.69. The van der Waals surface area contributed by atoms with E-state index < -0.39 is 0 Å². The van der Waals surface area contributed by atoms with Crippen LogP contribution in [-0.2, 0) is 19.4 Å². The quantitative estimate of drug-likeness (QED) is 0.315. The number of aromatic amines is 1. The lowest BCUT2D eigenvalue weighted by atomic mass is 10.0. The van der Waals surface area contributed by atoms with E-state index in [4.69, 9.17) is 28.2 Å². The van der Waals surface area contributed by atoms with Crippen LogP contribution in [0.4, 0.5) is 0 Å². The lowest BCUT2D eigenvalue weighted by molar-refractivity contribution is 0.0938. The Bertz CT molecular complexity index is 1470. The maximum absolute atomic E-state index is 13.1. The first-order valence-corrected chi connectivity index (χ1v) is 13.8. The molecular formula is C28H30Cl2N6O. The standard InChI is InChI=1S/C28H30Cl2N6O/c1-17(27-33-21-10-9-19(29)15-23(21)34-27)31-28(37)18-8-11-24(20(30)14-18)36-25-7-3-2-6-22(25)32-26(36)16-35-12-4-5-13-35/h8-11,14-15,17H,2-7,12-13,16H2,1H3,(H,31,37)(H,33,34)/t17-/m0/s1. The van der Waals surface area contributed by atoms with Crippen LogP contribution in [0.5, 0.6) is 0 Å². The van der Waals surface area contributed by atoms with Crippen LogP contribution in [0.2, 0.25) is 10.0 Å². The van der Waals surface area contributed by atoms with E-state index in [0.717, 1.165) is 61.4 Å². The van der Waals surface area contributed by atoms with E-state index in [2.05, 4.69) is 24.8 Å². The Hall–Kier alpha value is -2.87. The molecule has 1 aliphatic carbocycles. The van der Waals surface area contributed by atoms with E-state index in [1.165, 1.54) is 30.7 Å². The number of carbonyl (C=O) groups excluding carboxylic acids is 1. The zero-order valence-corrected chi connectivity index (χ0v) is 22.4. The summed E-state index contributed by atoms with van der Waals surface area (Å²) in [5.41, 5.74) is 5.50. The molecule has 6 rings (SSSR count). The zero-order valence-electron chi connectivity index (χ0n) is 20.9. The highest BCUT2D eigenvalue weighted by Gasteiger charge is 2.25. The molecule has 3 heterocycles. The Balaban J connectivity index is 1.25. The topological polar surface area (TPSA) is 78.8 Å². The number of carbonyl (C=O) groups is 1. The summed E-state index contributed by atoms with van der Waals surface area (Å²) in [6.07, 6.45) is 6.83. The van der Waals surface area contributed by atoms with E-state index in [1.54, 1.807) is 12.1 Å². The number of nitrogens with zero attached hydrogens (tertiary/aromatic N) is 4. The predicted octanol–water partition coefficient (Wildman–Crippen LogP) is 6.02. The van der Waals surface area contributed by atoms with Crippen molar-refractivity contribution in [1.29, 1.82) is 0 Å². The summed E-state index contributed by atoms with van der Waals surface area (Å²) in [5.74, 6) is 1.51. The number of likely N-dealkylation sites (tertiary alicyclic amines) is 1.